The number of nitrogens with zero attached hydrogens (tertiary/aromatic N) is 1. The molecule has 0 aliphatic carbocycles. The van der Waals surface area contributed by atoms with E-state index < -0.39 is 0 Å². The molecule has 0 aliphatic rings. The van der Waals surface area contributed by atoms with Gasteiger partial charge < -0.3 is 10.1 Å². The highest BCUT2D eigenvalue weighted by atomic mass is 16.5. The van der Waals surface area contributed by atoms with Crippen LogP contribution >= 0.6 is 0 Å². The molecule has 0 saturated heterocycles. The Hall–Kier alpha value is -2.15. The first-order valence-electron chi connectivity index (χ1n) is 7.03. The van der Waals surface area contributed by atoms with Crippen LogP contribution in [0.15, 0.2) is 48.5 Å². The second-order valence-electron chi connectivity index (χ2n) is 5.09. The fourth-order valence-electron chi connectivity index (χ4n) is 2.23. The predicted octanol–water partition coefficient (Wildman–Crippen LogP) is 3.56. The molecule has 108 valence electrons. The first kappa shape index (κ1) is 15.2. The predicted molar refractivity (Wildman–Crippen MR) is 83.6 cm³/mol. The zero-order valence-corrected chi connectivity index (χ0v) is 12.5. The van der Waals surface area contributed by atoms with Crippen molar-refractivity contribution in [2.24, 2.45) is 0 Å². The van der Waals surface area contributed by atoms with Gasteiger partial charge in [0.25, 0.3) is 0 Å². The van der Waals surface area contributed by atoms with Gasteiger partial charge in [-0.05, 0) is 35.7 Å². The van der Waals surface area contributed by atoms with Gasteiger partial charge in [0.15, 0.2) is 0 Å². The quantitative estimate of drug-likeness (QED) is 0.880. The molecule has 0 spiro atoms. The molecule has 2 rings (SSSR count). The molecule has 0 aromatic heterocycles. The molecule has 0 radical (unpaired) electrons. The summed E-state index contributed by atoms with van der Waals surface area (Å²) in [6, 6.07) is 18.5. The molecule has 0 heterocycles. The van der Waals surface area contributed by atoms with Crippen molar-refractivity contribution in [3.63, 3.8) is 0 Å². The largest absolute Gasteiger partial charge is 0.380 e. The van der Waals surface area contributed by atoms with Gasteiger partial charge >= 0.3 is 0 Å². The number of hydrogen-bond donors (Lipinski definition) is 1. The van der Waals surface area contributed by atoms with Crippen LogP contribution in [0.25, 0.3) is 0 Å². The zero-order valence-electron chi connectivity index (χ0n) is 12.5. The van der Waals surface area contributed by atoms with Crippen molar-refractivity contribution in [3.05, 3.63) is 70.8 Å². The summed E-state index contributed by atoms with van der Waals surface area (Å²) in [5.74, 6) is 0. The van der Waals surface area contributed by atoms with Gasteiger partial charge in [-0.1, -0.05) is 36.4 Å². The summed E-state index contributed by atoms with van der Waals surface area (Å²) in [6.07, 6.45) is 0. The van der Waals surface area contributed by atoms with Gasteiger partial charge in [-0.3, -0.25) is 0 Å². The lowest BCUT2D eigenvalue weighted by Gasteiger charge is -2.15. The lowest BCUT2D eigenvalue weighted by Crippen LogP contribution is -2.18. The first-order chi connectivity index (χ1) is 10.2. The Morgan fingerprint density at radius 3 is 2.52 bits per heavy atom. The van der Waals surface area contributed by atoms with E-state index in [0.717, 1.165) is 6.54 Å². The molecular formula is C18H20N2O. The number of hydrogen-bond acceptors (Lipinski definition) is 3. The third-order valence-electron chi connectivity index (χ3n) is 3.45. The van der Waals surface area contributed by atoms with E-state index in [-0.39, 0.29) is 6.04 Å². The second kappa shape index (κ2) is 7.58. The molecule has 0 fully saturated rings. The van der Waals surface area contributed by atoms with Crippen LogP contribution in [-0.2, 0) is 17.9 Å². The van der Waals surface area contributed by atoms with E-state index in [1.807, 2.05) is 24.3 Å². The Balaban J connectivity index is 1.95. The third kappa shape index (κ3) is 4.42. The maximum Gasteiger partial charge on any atom is 0.0991 e. The maximum atomic E-state index is 8.81. The molecule has 3 heteroatoms. The Morgan fingerprint density at radius 2 is 1.86 bits per heavy atom. The van der Waals surface area contributed by atoms with Crippen molar-refractivity contribution < 1.29 is 4.74 Å². The molecular weight excluding hydrogens is 260 g/mol. The molecule has 0 bridgehead atoms. The van der Waals surface area contributed by atoms with E-state index >= 15 is 0 Å². The van der Waals surface area contributed by atoms with Crippen LogP contribution in [-0.4, -0.2) is 7.11 Å². The van der Waals surface area contributed by atoms with Crippen molar-refractivity contribution in [1.82, 2.24) is 5.32 Å². The fourth-order valence-corrected chi connectivity index (χ4v) is 2.23. The zero-order chi connectivity index (χ0) is 15.1. The summed E-state index contributed by atoms with van der Waals surface area (Å²) in [4.78, 5) is 0. The Morgan fingerprint density at radius 1 is 1.14 bits per heavy atom. The summed E-state index contributed by atoms with van der Waals surface area (Å²) in [7, 11) is 1.71. The van der Waals surface area contributed by atoms with Crippen LogP contribution in [0.4, 0.5) is 0 Å². The number of benzene rings is 2. The maximum absolute atomic E-state index is 8.81. The van der Waals surface area contributed by atoms with Crippen molar-refractivity contribution in [2.75, 3.05) is 7.11 Å². The van der Waals surface area contributed by atoms with Crippen LogP contribution in [0.3, 0.4) is 0 Å². The van der Waals surface area contributed by atoms with Crippen LogP contribution in [0, 0.1) is 11.3 Å². The van der Waals surface area contributed by atoms with E-state index in [0.29, 0.717) is 12.2 Å². The number of methoxy groups -OCH3 is 1. The van der Waals surface area contributed by atoms with Gasteiger partial charge in [-0.25, -0.2) is 0 Å². The van der Waals surface area contributed by atoms with Crippen LogP contribution in [0.5, 0.6) is 0 Å². The summed E-state index contributed by atoms with van der Waals surface area (Å²) < 4.78 is 5.15. The monoisotopic (exact) mass is 280 g/mol. The van der Waals surface area contributed by atoms with Crippen molar-refractivity contribution >= 4 is 0 Å². The summed E-state index contributed by atoms with van der Waals surface area (Å²) in [5, 5.41) is 12.3. The van der Waals surface area contributed by atoms with Crippen molar-refractivity contribution in [3.8, 4) is 6.07 Å². The highest BCUT2D eigenvalue weighted by Crippen LogP contribution is 2.14. The van der Waals surface area contributed by atoms with Crippen LogP contribution in [0.1, 0.15) is 35.2 Å². The molecule has 2 aromatic rings. The molecule has 3 nitrogen and oxygen atoms in total. The van der Waals surface area contributed by atoms with Gasteiger partial charge in [-0.15, -0.1) is 0 Å². The minimum absolute atomic E-state index is 0.240. The highest BCUT2D eigenvalue weighted by Gasteiger charge is 2.05. The van der Waals surface area contributed by atoms with Crippen molar-refractivity contribution in [1.29, 1.82) is 5.26 Å². The molecule has 2 aromatic carbocycles. The highest BCUT2D eigenvalue weighted by molar-refractivity contribution is 5.32. The minimum Gasteiger partial charge on any atom is -0.380 e. The average molecular weight is 280 g/mol. The van der Waals surface area contributed by atoms with E-state index in [9.17, 15) is 0 Å². The molecule has 21 heavy (non-hydrogen) atoms. The molecule has 1 N–H and O–H groups in total. The van der Waals surface area contributed by atoms with Gasteiger partial charge in [0.1, 0.15) is 0 Å². The van der Waals surface area contributed by atoms with Crippen molar-refractivity contribution in [2.45, 2.75) is 26.1 Å². The van der Waals surface area contributed by atoms with Crippen LogP contribution < -0.4 is 5.32 Å². The number of rotatable bonds is 6. The normalized spacial score (nSPS) is 11.9. The number of ether oxygens (including phenoxy) is 1. The fraction of sp³-hybridized carbons (Fsp3) is 0.278. The summed E-state index contributed by atoms with van der Waals surface area (Å²) in [5.41, 5.74) is 4.30. The molecule has 0 amide bonds. The summed E-state index contributed by atoms with van der Waals surface area (Å²) >= 11 is 0. The first-order valence-corrected chi connectivity index (χ1v) is 7.03. The summed E-state index contributed by atoms with van der Waals surface area (Å²) in [6.45, 7) is 3.57. The molecule has 0 saturated carbocycles. The van der Waals surface area contributed by atoms with Gasteiger partial charge in [0, 0.05) is 19.7 Å². The standard InChI is InChI=1S/C18H20N2O/c1-14(18-8-6-15(11-19)7-9-18)20-12-16-4-3-5-17(10-16)13-21-2/h3-10,14,20H,12-13H2,1-2H3. The van der Waals surface area contributed by atoms with Gasteiger partial charge in [-0.2, -0.15) is 5.26 Å². The van der Waals surface area contributed by atoms with Crippen LogP contribution in [0.2, 0.25) is 0 Å². The number of nitrogens with one attached hydrogen (secondary N) is 1. The van der Waals surface area contributed by atoms with Gasteiger partial charge in [0.2, 0.25) is 0 Å². The third-order valence-corrected chi connectivity index (χ3v) is 3.45. The second-order valence-corrected chi connectivity index (χ2v) is 5.09. The molecule has 1 atom stereocenters. The smallest absolute Gasteiger partial charge is 0.0991 e. The van der Waals surface area contributed by atoms with E-state index in [1.165, 1.54) is 16.7 Å². The van der Waals surface area contributed by atoms with E-state index in [1.54, 1.807) is 7.11 Å². The topological polar surface area (TPSA) is 45.0 Å². The molecule has 0 aliphatic heterocycles. The van der Waals surface area contributed by atoms with E-state index in [4.69, 9.17) is 10.00 Å². The minimum atomic E-state index is 0.240. The average Bonchev–Trinajstić information content (AvgIpc) is 2.53. The van der Waals surface area contributed by atoms with E-state index in [2.05, 4.69) is 42.6 Å². The SMILES string of the molecule is COCc1cccc(CNC(C)c2ccc(C#N)cc2)c1. The Bertz CT molecular complexity index is 614. The lowest BCUT2D eigenvalue weighted by molar-refractivity contribution is 0.185. The Labute approximate surface area is 126 Å². The Kier molecular flexibility index (Phi) is 5.51. The number of nitriles is 1. The lowest BCUT2D eigenvalue weighted by atomic mass is 10.1. The van der Waals surface area contributed by atoms with Gasteiger partial charge in [0.05, 0.1) is 18.2 Å². The molecule has 1 unspecified atom stereocenters.